The molecule has 2 nitrogen and oxygen atoms in total. The fourth-order valence-corrected chi connectivity index (χ4v) is 2.63. The summed E-state index contributed by atoms with van der Waals surface area (Å²) in [6.45, 7) is 3.73. The largest absolute Gasteiger partial charge is 0.422 e. The third kappa shape index (κ3) is 2.41. The lowest BCUT2D eigenvalue weighted by molar-refractivity contribution is 0.147. The number of fused-ring (bicyclic) bond motifs is 1. The Morgan fingerprint density at radius 3 is 2.41 bits per heavy atom. The molecule has 3 rings (SSSR count). The van der Waals surface area contributed by atoms with Gasteiger partial charge in [0.1, 0.15) is 11.1 Å². The maximum Gasteiger partial charge on any atom is 0.345 e. The van der Waals surface area contributed by atoms with Gasteiger partial charge in [0.2, 0.25) is 0 Å². The predicted octanol–water partition coefficient (Wildman–Crippen LogP) is 5.01. The highest BCUT2D eigenvalue weighted by molar-refractivity contribution is 5.95. The van der Waals surface area contributed by atoms with Crippen LogP contribution in [0.15, 0.2) is 51.7 Å². The maximum atomic E-state index is 13.4. The van der Waals surface area contributed by atoms with E-state index in [1.54, 1.807) is 30.3 Å². The predicted molar refractivity (Wildman–Crippen MR) is 82.4 cm³/mol. The average Bonchev–Trinajstić information content (AvgIpc) is 2.45. The Labute approximate surface area is 126 Å². The molecule has 0 N–H and O–H groups in total. The van der Waals surface area contributed by atoms with Crippen LogP contribution in [-0.4, -0.2) is 0 Å². The van der Waals surface area contributed by atoms with Gasteiger partial charge in [-0.1, -0.05) is 42.0 Å². The molecule has 0 spiro atoms. The van der Waals surface area contributed by atoms with E-state index in [0.29, 0.717) is 16.5 Å². The summed E-state index contributed by atoms with van der Waals surface area (Å²) in [7, 11) is 0. The van der Waals surface area contributed by atoms with Crippen LogP contribution in [0.3, 0.4) is 0 Å². The summed E-state index contributed by atoms with van der Waals surface area (Å²) in [6.07, 6.45) is -2.89. The van der Waals surface area contributed by atoms with E-state index in [-0.39, 0.29) is 5.56 Å². The monoisotopic (exact) mass is 300 g/mol. The van der Waals surface area contributed by atoms with E-state index in [9.17, 15) is 13.6 Å². The van der Waals surface area contributed by atoms with Gasteiger partial charge >= 0.3 is 5.63 Å². The smallest absolute Gasteiger partial charge is 0.345 e. The van der Waals surface area contributed by atoms with E-state index in [2.05, 4.69) is 0 Å². The normalized spacial score (nSPS) is 11.3. The van der Waals surface area contributed by atoms with Crippen LogP contribution in [0.2, 0.25) is 0 Å². The summed E-state index contributed by atoms with van der Waals surface area (Å²) in [4.78, 5) is 12.0. The van der Waals surface area contributed by atoms with Gasteiger partial charge in [0, 0.05) is 10.9 Å². The second-order valence-corrected chi connectivity index (χ2v) is 5.35. The Bertz CT molecular complexity index is 911. The van der Waals surface area contributed by atoms with Crippen LogP contribution in [0, 0.1) is 13.8 Å². The molecule has 22 heavy (non-hydrogen) atoms. The Hall–Kier alpha value is -2.49. The first-order chi connectivity index (χ1) is 10.5. The van der Waals surface area contributed by atoms with Crippen LogP contribution in [0.4, 0.5) is 8.78 Å². The summed E-state index contributed by atoms with van der Waals surface area (Å²) < 4.78 is 31.9. The summed E-state index contributed by atoms with van der Waals surface area (Å²) in [5.74, 6) is 0. The highest BCUT2D eigenvalue weighted by Gasteiger charge is 2.23. The summed E-state index contributed by atoms with van der Waals surface area (Å²) >= 11 is 0. The molecule has 3 aromatic rings. The molecule has 0 bridgehead atoms. The Kier molecular flexibility index (Phi) is 3.53. The zero-order chi connectivity index (χ0) is 15.9. The summed E-state index contributed by atoms with van der Waals surface area (Å²) in [5, 5.41) is 0.520. The zero-order valence-corrected chi connectivity index (χ0v) is 12.2. The number of hydrogen-bond donors (Lipinski definition) is 0. The van der Waals surface area contributed by atoms with Crippen LogP contribution in [0.5, 0.6) is 0 Å². The summed E-state index contributed by atoms with van der Waals surface area (Å²) in [6, 6.07) is 12.4. The minimum atomic E-state index is -2.89. The molecular weight excluding hydrogens is 286 g/mol. The fourth-order valence-electron chi connectivity index (χ4n) is 2.63. The number of aryl methyl sites for hydroxylation is 2. The topological polar surface area (TPSA) is 30.2 Å². The molecule has 0 aliphatic carbocycles. The molecule has 0 aliphatic heterocycles. The molecule has 0 aliphatic rings. The highest BCUT2D eigenvalue weighted by Crippen LogP contribution is 2.35. The second-order valence-electron chi connectivity index (χ2n) is 5.35. The van der Waals surface area contributed by atoms with E-state index >= 15 is 0 Å². The lowest BCUT2D eigenvalue weighted by Crippen LogP contribution is -2.10. The molecule has 0 saturated heterocycles. The quantitative estimate of drug-likeness (QED) is 0.622. The number of rotatable bonds is 2. The van der Waals surface area contributed by atoms with E-state index in [1.165, 1.54) is 0 Å². The van der Waals surface area contributed by atoms with Crippen molar-refractivity contribution in [1.82, 2.24) is 0 Å². The maximum absolute atomic E-state index is 13.4. The lowest BCUT2D eigenvalue weighted by atomic mass is 9.95. The molecule has 0 fully saturated rings. The highest BCUT2D eigenvalue weighted by atomic mass is 19.3. The number of hydrogen-bond acceptors (Lipinski definition) is 2. The van der Waals surface area contributed by atoms with Crippen molar-refractivity contribution in [3.63, 3.8) is 0 Å². The van der Waals surface area contributed by atoms with Crippen LogP contribution in [-0.2, 0) is 0 Å². The van der Waals surface area contributed by atoms with Crippen LogP contribution in [0.25, 0.3) is 22.1 Å². The molecule has 0 radical (unpaired) electrons. The molecule has 2 aromatic carbocycles. The minimum absolute atomic E-state index is 0.255. The summed E-state index contributed by atoms with van der Waals surface area (Å²) in [5.41, 5.74) is 1.45. The van der Waals surface area contributed by atoms with Gasteiger partial charge in [-0.3, -0.25) is 0 Å². The van der Waals surface area contributed by atoms with Crippen molar-refractivity contribution in [1.29, 1.82) is 0 Å². The molecule has 0 unspecified atom stereocenters. The molecule has 4 heteroatoms. The fraction of sp³-hybridized carbons (Fsp3) is 0.167. The van der Waals surface area contributed by atoms with Gasteiger partial charge < -0.3 is 4.42 Å². The van der Waals surface area contributed by atoms with Gasteiger partial charge in [-0.2, -0.15) is 0 Å². The van der Waals surface area contributed by atoms with Crippen LogP contribution >= 0.6 is 0 Å². The number of benzene rings is 2. The molecule has 1 aromatic heterocycles. The van der Waals surface area contributed by atoms with E-state index in [4.69, 9.17) is 4.42 Å². The van der Waals surface area contributed by atoms with Crippen molar-refractivity contribution in [2.45, 2.75) is 20.3 Å². The van der Waals surface area contributed by atoms with Crippen molar-refractivity contribution >= 4 is 11.0 Å². The molecule has 0 amide bonds. The van der Waals surface area contributed by atoms with Gasteiger partial charge in [0.15, 0.2) is 0 Å². The number of halogens is 2. The van der Waals surface area contributed by atoms with Crippen molar-refractivity contribution < 1.29 is 13.2 Å². The molecule has 0 atom stereocenters. The SMILES string of the molecule is Cc1cccc(-c2c(C(F)F)c(=O)oc3cc(C)ccc23)c1. The first-order valence-electron chi connectivity index (χ1n) is 6.90. The minimum Gasteiger partial charge on any atom is -0.422 e. The van der Waals surface area contributed by atoms with E-state index in [0.717, 1.165) is 11.1 Å². The zero-order valence-electron chi connectivity index (χ0n) is 12.2. The molecule has 0 saturated carbocycles. The Morgan fingerprint density at radius 2 is 1.73 bits per heavy atom. The average molecular weight is 300 g/mol. The van der Waals surface area contributed by atoms with Crippen molar-refractivity contribution in [2.24, 2.45) is 0 Å². The first kappa shape index (κ1) is 14.4. The molecular formula is C18H14F2O2. The van der Waals surface area contributed by atoms with Gasteiger partial charge in [-0.25, -0.2) is 13.6 Å². The second kappa shape index (κ2) is 5.37. The molecule has 112 valence electrons. The Morgan fingerprint density at radius 1 is 1.00 bits per heavy atom. The van der Waals surface area contributed by atoms with Crippen molar-refractivity contribution in [3.05, 3.63) is 69.6 Å². The third-order valence-electron chi connectivity index (χ3n) is 3.62. The Balaban J connectivity index is 2.48. The van der Waals surface area contributed by atoms with Gasteiger partial charge in [0.25, 0.3) is 6.43 Å². The van der Waals surface area contributed by atoms with Gasteiger partial charge in [-0.05, 0) is 31.0 Å². The molecule has 1 heterocycles. The van der Waals surface area contributed by atoms with Gasteiger partial charge in [0.05, 0.1) is 0 Å². The number of alkyl halides is 2. The van der Waals surface area contributed by atoms with Crippen molar-refractivity contribution in [2.75, 3.05) is 0 Å². The van der Waals surface area contributed by atoms with Crippen molar-refractivity contribution in [3.8, 4) is 11.1 Å². The van der Waals surface area contributed by atoms with E-state index < -0.39 is 17.6 Å². The van der Waals surface area contributed by atoms with Gasteiger partial charge in [-0.15, -0.1) is 0 Å². The standard InChI is InChI=1S/C18H14F2O2/c1-10-4-3-5-12(8-10)15-13-7-6-11(2)9-14(13)22-18(21)16(15)17(19)20/h3-9,17H,1-2H3. The van der Waals surface area contributed by atoms with Crippen LogP contribution in [0.1, 0.15) is 23.1 Å². The first-order valence-corrected chi connectivity index (χ1v) is 6.90. The van der Waals surface area contributed by atoms with E-state index in [1.807, 2.05) is 26.0 Å². The lowest BCUT2D eigenvalue weighted by Gasteiger charge is -2.12. The third-order valence-corrected chi connectivity index (χ3v) is 3.62. The van der Waals surface area contributed by atoms with Crippen LogP contribution < -0.4 is 5.63 Å².